The minimum atomic E-state index is 0.499. The molecular weight excluding hydrogens is 299 g/mol. The molecule has 104 valence electrons. The number of thioether (sulfide) groups is 1. The first-order valence-corrected chi connectivity index (χ1v) is 8.18. The Hall–Kier alpha value is -0.380. The summed E-state index contributed by atoms with van der Waals surface area (Å²) in [7, 11) is 0. The van der Waals surface area contributed by atoms with Crippen molar-refractivity contribution in [1.82, 2.24) is 5.32 Å². The third-order valence-corrected chi connectivity index (χ3v) is 5.14. The topological polar surface area (TPSA) is 24.4 Å². The van der Waals surface area contributed by atoms with Gasteiger partial charge in [0.1, 0.15) is 0 Å². The lowest BCUT2D eigenvalue weighted by Gasteiger charge is -2.28. The number of nitrogens with one attached hydrogen (secondary N) is 1. The maximum absolute atomic E-state index is 6.14. The summed E-state index contributed by atoms with van der Waals surface area (Å²) in [6, 6.07) is 6.12. The Balaban J connectivity index is 1.89. The second kappa shape index (κ2) is 6.87. The van der Waals surface area contributed by atoms with E-state index >= 15 is 0 Å². The summed E-state index contributed by atoms with van der Waals surface area (Å²) in [5, 5.41) is 5.88. The van der Waals surface area contributed by atoms with Crippen molar-refractivity contribution in [2.24, 2.45) is 10.9 Å². The highest BCUT2D eigenvalue weighted by Crippen LogP contribution is 2.22. The first kappa shape index (κ1) is 15.0. The fraction of sp³-hybridized carbons (Fsp3) is 0.500. The summed E-state index contributed by atoms with van der Waals surface area (Å²) in [5.41, 5.74) is 1.10. The Morgan fingerprint density at radius 2 is 2.16 bits per heavy atom. The zero-order valence-electron chi connectivity index (χ0n) is 11.1. The maximum atomic E-state index is 6.14. The summed E-state index contributed by atoms with van der Waals surface area (Å²) in [5.74, 6) is 1.82. The van der Waals surface area contributed by atoms with Crippen molar-refractivity contribution in [2.45, 2.75) is 26.3 Å². The molecule has 1 N–H and O–H groups in total. The molecule has 1 saturated heterocycles. The molecule has 5 heteroatoms. The molecule has 2 nitrogen and oxygen atoms in total. The molecule has 0 aromatic heterocycles. The average molecular weight is 317 g/mol. The van der Waals surface area contributed by atoms with Crippen molar-refractivity contribution in [3.8, 4) is 0 Å². The van der Waals surface area contributed by atoms with Gasteiger partial charge in [-0.3, -0.25) is 4.99 Å². The van der Waals surface area contributed by atoms with Crippen LogP contribution in [0.15, 0.2) is 23.2 Å². The second-order valence-electron chi connectivity index (χ2n) is 4.89. The zero-order valence-corrected chi connectivity index (χ0v) is 13.4. The number of hydrogen-bond acceptors (Lipinski definition) is 2. The van der Waals surface area contributed by atoms with E-state index in [-0.39, 0.29) is 0 Å². The molecule has 2 rings (SSSR count). The van der Waals surface area contributed by atoms with E-state index in [0.717, 1.165) is 34.5 Å². The molecule has 1 aromatic carbocycles. The number of amidine groups is 1. The fourth-order valence-corrected chi connectivity index (χ4v) is 3.49. The molecule has 0 aliphatic carbocycles. The Morgan fingerprint density at radius 3 is 2.84 bits per heavy atom. The van der Waals surface area contributed by atoms with Gasteiger partial charge in [0.25, 0.3) is 0 Å². The van der Waals surface area contributed by atoms with Crippen LogP contribution in [0.1, 0.15) is 19.4 Å². The second-order valence-corrected chi connectivity index (χ2v) is 6.75. The van der Waals surface area contributed by atoms with Gasteiger partial charge in [-0.1, -0.05) is 48.0 Å². The van der Waals surface area contributed by atoms with Crippen LogP contribution in [-0.4, -0.2) is 23.5 Å². The highest BCUT2D eigenvalue weighted by molar-refractivity contribution is 8.13. The van der Waals surface area contributed by atoms with Crippen molar-refractivity contribution >= 4 is 40.1 Å². The van der Waals surface area contributed by atoms with Gasteiger partial charge in [-0.05, 0) is 37.0 Å². The molecule has 0 saturated carbocycles. The predicted molar refractivity (Wildman–Crippen MR) is 86.7 cm³/mol. The zero-order chi connectivity index (χ0) is 13.8. The minimum Gasteiger partial charge on any atom is -0.362 e. The molecule has 0 amide bonds. The van der Waals surface area contributed by atoms with Crippen LogP contribution < -0.4 is 5.32 Å². The van der Waals surface area contributed by atoms with Crippen LogP contribution in [0, 0.1) is 5.92 Å². The molecule has 0 radical (unpaired) electrons. The van der Waals surface area contributed by atoms with Crippen LogP contribution in [-0.2, 0) is 6.42 Å². The smallest absolute Gasteiger partial charge is 0.156 e. The molecule has 1 aliphatic rings. The number of rotatable bonds is 3. The van der Waals surface area contributed by atoms with Crippen LogP contribution in [0.25, 0.3) is 0 Å². The summed E-state index contributed by atoms with van der Waals surface area (Å²) in [4.78, 5) is 4.60. The molecule has 1 heterocycles. The van der Waals surface area contributed by atoms with Crippen LogP contribution in [0.2, 0.25) is 10.0 Å². The van der Waals surface area contributed by atoms with E-state index in [1.807, 2.05) is 12.1 Å². The van der Waals surface area contributed by atoms with Gasteiger partial charge in [-0.15, -0.1) is 0 Å². The molecule has 1 aromatic rings. The van der Waals surface area contributed by atoms with Crippen molar-refractivity contribution in [3.63, 3.8) is 0 Å². The predicted octanol–water partition coefficient (Wildman–Crippen LogP) is 4.25. The Labute approximate surface area is 129 Å². The molecule has 1 fully saturated rings. The quantitative estimate of drug-likeness (QED) is 0.901. The van der Waals surface area contributed by atoms with Gasteiger partial charge in [-0.2, -0.15) is 0 Å². The third-order valence-electron chi connectivity index (χ3n) is 3.34. The molecule has 0 bridgehead atoms. The summed E-state index contributed by atoms with van der Waals surface area (Å²) < 4.78 is 0. The lowest BCUT2D eigenvalue weighted by atomic mass is 10.1. The lowest BCUT2D eigenvalue weighted by molar-refractivity contribution is 0.490. The van der Waals surface area contributed by atoms with E-state index in [9.17, 15) is 0 Å². The van der Waals surface area contributed by atoms with Crippen LogP contribution in [0.4, 0.5) is 0 Å². The van der Waals surface area contributed by atoms with E-state index in [2.05, 4.69) is 24.2 Å². The Bertz CT molecular complexity index is 477. The van der Waals surface area contributed by atoms with Gasteiger partial charge < -0.3 is 5.32 Å². The van der Waals surface area contributed by atoms with Crippen molar-refractivity contribution < 1.29 is 0 Å². The Morgan fingerprint density at radius 1 is 1.37 bits per heavy atom. The fourth-order valence-electron chi connectivity index (χ4n) is 1.83. The van der Waals surface area contributed by atoms with Gasteiger partial charge in [0.05, 0.1) is 0 Å². The molecular formula is C14H18Cl2N2S. The van der Waals surface area contributed by atoms with Gasteiger partial charge in [0, 0.05) is 28.4 Å². The van der Waals surface area contributed by atoms with E-state index in [1.54, 1.807) is 17.8 Å². The molecule has 1 aliphatic heterocycles. The average Bonchev–Trinajstić information content (AvgIpc) is 2.36. The maximum Gasteiger partial charge on any atom is 0.156 e. The monoisotopic (exact) mass is 316 g/mol. The Kier molecular flexibility index (Phi) is 5.43. The number of hydrogen-bond donors (Lipinski definition) is 1. The van der Waals surface area contributed by atoms with Crippen molar-refractivity contribution in [3.05, 3.63) is 33.8 Å². The molecule has 0 spiro atoms. The molecule has 2 unspecified atom stereocenters. The van der Waals surface area contributed by atoms with E-state index < -0.39 is 0 Å². The standard InChI is InChI=1S/C14H18Cl2N2S/c1-9-8-19-14(18-10(9)2)17-6-5-11-3-4-12(15)7-13(11)16/h3-4,7,9-10H,5-6,8H2,1-2H3,(H,17,18). The van der Waals surface area contributed by atoms with Gasteiger partial charge >= 0.3 is 0 Å². The van der Waals surface area contributed by atoms with Gasteiger partial charge in [0.2, 0.25) is 0 Å². The van der Waals surface area contributed by atoms with Gasteiger partial charge in [0.15, 0.2) is 5.17 Å². The number of benzene rings is 1. The van der Waals surface area contributed by atoms with Crippen molar-refractivity contribution in [1.29, 1.82) is 0 Å². The first-order valence-electron chi connectivity index (χ1n) is 6.44. The molecule has 2 atom stereocenters. The number of aliphatic imine (C=N–C) groups is 1. The summed E-state index contributed by atoms with van der Waals surface area (Å²) in [6.45, 7) is 5.21. The van der Waals surface area contributed by atoms with Crippen LogP contribution in [0.3, 0.4) is 0 Å². The lowest BCUT2D eigenvalue weighted by Crippen LogP contribution is -2.41. The first-order chi connectivity index (χ1) is 9.06. The molecule has 19 heavy (non-hydrogen) atoms. The minimum absolute atomic E-state index is 0.499. The van der Waals surface area contributed by atoms with E-state index in [0.29, 0.717) is 17.0 Å². The largest absolute Gasteiger partial charge is 0.362 e. The summed E-state index contributed by atoms with van der Waals surface area (Å²) in [6.07, 6.45) is 0.839. The normalized spacial score (nSPS) is 25.4. The van der Waals surface area contributed by atoms with Crippen LogP contribution >= 0.6 is 35.0 Å². The number of nitrogens with zero attached hydrogens (tertiary/aromatic N) is 1. The van der Waals surface area contributed by atoms with E-state index in [1.165, 1.54) is 0 Å². The highest BCUT2D eigenvalue weighted by atomic mass is 35.5. The highest BCUT2D eigenvalue weighted by Gasteiger charge is 2.20. The summed E-state index contributed by atoms with van der Waals surface area (Å²) >= 11 is 13.8. The van der Waals surface area contributed by atoms with E-state index in [4.69, 9.17) is 23.2 Å². The van der Waals surface area contributed by atoms with Crippen LogP contribution in [0.5, 0.6) is 0 Å². The number of halogens is 2. The third kappa shape index (κ3) is 4.30. The SMILES string of the molecule is CC1CSC(=NCCc2ccc(Cl)cc2Cl)NC1C. The van der Waals surface area contributed by atoms with Crippen molar-refractivity contribution in [2.75, 3.05) is 12.3 Å². The van der Waals surface area contributed by atoms with Gasteiger partial charge in [-0.25, -0.2) is 0 Å².